The van der Waals surface area contributed by atoms with Gasteiger partial charge in [0.1, 0.15) is 0 Å². The molecule has 0 aliphatic carbocycles. The minimum Gasteiger partial charge on any atom is -0.316 e. The van der Waals surface area contributed by atoms with Crippen molar-refractivity contribution in [3.8, 4) is 0 Å². The number of rotatable bonds is 5. The van der Waals surface area contributed by atoms with Gasteiger partial charge in [0.2, 0.25) is 5.91 Å². The molecular formula is C17H19BrN2O3S. The third kappa shape index (κ3) is 4.15. The molecule has 0 unspecified atom stereocenters. The van der Waals surface area contributed by atoms with E-state index in [0.717, 1.165) is 10.0 Å². The van der Waals surface area contributed by atoms with Crippen LogP contribution in [0.25, 0.3) is 0 Å². The third-order valence-electron chi connectivity index (χ3n) is 3.67. The van der Waals surface area contributed by atoms with Crippen LogP contribution in [0.4, 0.5) is 11.4 Å². The Bertz CT molecular complexity index is 849. The largest absolute Gasteiger partial charge is 0.316 e. The zero-order valence-corrected chi connectivity index (χ0v) is 16.1. The summed E-state index contributed by atoms with van der Waals surface area (Å²) in [4.78, 5) is 13.1. The van der Waals surface area contributed by atoms with Crippen molar-refractivity contribution in [2.75, 3.05) is 16.7 Å². The minimum absolute atomic E-state index is 0.0919. The lowest BCUT2D eigenvalue weighted by atomic mass is 10.2. The first-order valence-electron chi connectivity index (χ1n) is 7.40. The molecule has 1 N–H and O–H groups in total. The molecule has 0 aromatic heterocycles. The van der Waals surface area contributed by atoms with Gasteiger partial charge in [-0.2, -0.15) is 0 Å². The van der Waals surface area contributed by atoms with Crippen LogP contribution in [0.3, 0.4) is 0 Å². The fourth-order valence-corrected chi connectivity index (χ4v) is 3.99. The van der Waals surface area contributed by atoms with Crippen molar-refractivity contribution in [3.63, 3.8) is 0 Å². The van der Waals surface area contributed by atoms with Crippen LogP contribution < -0.4 is 9.62 Å². The molecule has 24 heavy (non-hydrogen) atoms. The second kappa shape index (κ2) is 7.36. The highest BCUT2D eigenvalue weighted by Crippen LogP contribution is 2.25. The molecule has 2 rings (SSSR count). The summed E-state index contributed by atoms with van der Waals surface area (Å²) in [7, 11) is -2.01. The second-order valence-corrected chi connectivity index (χ2v) is 7.90. The maximum atomic E-state index is 12.6. The highest BCUT2D eigenvalue weighted by molar-refractivity contribution is 9.10. The molecule has 0 aliphatic rings. The molecule has 0 radical (unpaired) electrons. The molecule has 0 aliphatic heterocycles. The van der Waals surface area contributed by atoms with E-state index in [4.69, 9.17) is 0 Å². The Morgan fingerprint density at radius 3 is 2.33 bits per heavy atom. The molecule has 7 heteroatoms. The average Bonchev–Trinajstić information content (AvgIpc) is 2.54. The Morgan fingerprint density at radius 2 is 1.79 bits per heavy atom. The van der Waals surface area contributed by atoms with E-state index in [2.05, 4.69) is 20.7 Å². The van der Waals surface area contributed by atoms with Gasteiger partial charge in [0, 0.05) is 29.8 Å². The van der Waals surface area contributed by atoms with Crippen LogP contribution in [0.2, 0.25) is 0 Å². The number of hydrogen-bond donors (Lipinski definition) is 1. The van der Waals surface area contributed by atoms with Gasteiger partial charge in [-0.15, -0.1) is 0 Å². The number of sulfonamides is 1. The van der Waals surface area contributed by atoms with Gasteiger partial charge in [-0.3, -0.25) is 9.52 Å². The zero-order chi connectivity index (χ0) is 17.9. The number of nitrogens with one attached hydrogen (secondary N) is 1. The molecule has 128 valence electrons. The molecule has 2 aromatic carbocycles. The fourth-order valence-electron chi connectivity index (χ4n) is 2.23. The first-order chi connectivity index (χ1) is 11.2. The number of carbonyl (C=O) groups excluding carboxylic acids is 1. The Morgan fingerprint density at radius 1 is 1.17 bits per heavy atom. The van der Waals surface area contributed by atoms with Crippen LogP contribution in [0.1, 0.15) is 19.4 Å². The summed E-state index contributed by atoms with van der Waals surface area (Å²) in [5.74, 6) is -0.0919. The van der Waals surface area contributed by atoms with E-state index in [-0.39, 0.29) is 10.8 Å². The second-order valence-electron chi connectivity index (χ2n) is 5.34. The topological polar surface area (TPSA) is 66.5 Å². The van der Waals surface area contributed by atoms with Crippen molar-refractivity contribution in [1.29, 1.82) is 0 Å². The molecule has 0 bridgehead atoms. The SMILES string of the molecule is CCc1cc(Br)ccc1S(=O)(=O)Nc1ccc(N(C)C(C)=O)cc1. The lowest BCUT2D eigenvalue weighted by Gasteiger charge is -2.16. The summed E-state index contributed by atoms with van der Waals surface area (Å²) in [5.41, 5.74) is 1.88. The van der Waals surface area contributed by atoms with Gasteiger partial charge in [0.25, 0.3) is 10.0 Å². The molecule has 2 aromatic rings. The predicted molar refractivity (Wildman–Crippen MR) is 99.9 cm³/mol. The molecule has 0 atom stereocenters. The van der Waals surface area contributed by atoms with Crippen LogP contribution >= 0.6 is 15.9 Å². The first-order valence-corrected chi connectivity index (χ1v) is 9.68. The summed E-state index contributed by atoms with van der Waals surface area (Å²) >= 11 is 3.36. The Kier molecular flexibility index (Phi) is 5.66. The van der Waals surface area contributed by atoms with E-state index in [1.807, 2.05) is 6.92 Å². The third-order valence-corrected chi connectivity index (χ3v) is 5.65. The van der Waals surface area contributed by atoms with Crippen molar-refractivity contribution in [1.82, 2.24) is 0 Å². The van der Waals surface area contributed by atoms with Crippen LogP contribution in [-0.4, -0.2) is 21.4 Å². The van der Waals surface area contributed by atoms with Crippen LogP contribution in [0.15, 0.2) is 51.8 Å². The van der Waals surface area contributed by atoms with E-state index < -0.39 is 10.0 Å². The van der Waals surface area contributed by atoms with Gasteiger partial charge in [-0.05, 0) is 54.4 Å². The highest BCUT2D eigenvalue weighted by Gasteiger charge is 2.18. The van der Waals surface area contributed by atoms with E-state index in [1.54, 1.807) is 49.5 Å². The number of nitrogens with zero attached hydrogens (tertiary/aromatic N) is 1. The van der Waals surface area contributed by atoms with Crippen LogP contribution in [0, 0.1) is 0 Å². The fraction of sp³-hybridized carbons (Fsp3) is 0.235. The Hall–Kier alpha value is -1.86. The van der Waals surface area contributed by atoms with Crippen molar-refractivity contribution >= 4 is 43.2 Å². The summed E-state index contributed by atoms with van der Waals surface area (Å²) in [6.45, 7) is 3.38. The standard InChI is InChI=1S/C17H19BrN2O3S/c1-4-13-11-14(18)5-10-17(13)24(22,23)19-15-6-8-16(9-7-15)20(3)12(2)21/h5-11,19H,4H2,1-3H3. The van der Waals surface area contributed by atoms with Gasteiger partial charge in [-0.1, -0.05) is 22.9 Å². The minimum atomic E-state index is -3.67. The molecule has 0 saturated heterocycles. The van der Waals surface area contributed by atoms with Gasteiger partial charge < -0.3 is 4.90 Å². The predicted octanol–water partition coefficient (Wildman–Crippen LogP) is 3.80. The molecule has 0 fully saturated rings. The van der Waals surface area contributed by atoms with Crippen molar-refractivity contribution < 1.29 is 13.2 Å². The lowest BCUT2D eigenvalue weighted by Crippen LogP contribution is -2.22. The smallest absolute Gasteiger partial charge is 0.262 e. The van der Waals surface area contributed by atoms with Gasteiger partial charge in [-0.25, -0.2) is 8.42 Å². The lowest BCUT2D eigenvalue weighted by molar-refractivity contribution is -0.116. The number of anilines is 2. The summed E-state index contributed by atoms with van der Waals surface area (Å²) in [5, 5.41) is 0. The van der Waals surface area contributed by atoms with E-state index >= 15 is 0 Å². The van der Waals surface area contributed by atoms with E-state index in [0.29, 0.717) is 17.8 Å². The van der Waals surface area contributed by atoms with Gasteiger partial charge in [0.15, 0.2) is 0 Å². The molecule has 1 amide bonds. The maximum absolute atomic E-state index is 12.6. The van der Waals surface area contributed by atoms with Crippen LogP contribution in [-0.2, 0) is 21.2 Å². The van der Waals surface area contributed by atoms with Gasteiger partial charge in [0.05, 0.1) is 4.90 Å². The number of hydrogen-bond acceptors (Lipinski definition) is 3. The highest BCUT2D eigenvalue weighted by atomic mass is 79.9. The number of benzene rings is 2. The van der Waals surface area contributed by atoms with Crippen molar-refractivity contribution in [3.05, 3.63) is 52.5 Å². The molecule has 0 saturated carbocycles. The molecule has 0 spiro atoms. The van der Waals surface area contributed by atoms with Crippen molar-refractivity contribution in [2.45, 2.75) is 25.2 Å². The monoisotopic (exact) mass is 410 g/mol. The molecule has 0 heterocycles. The number of amides is 1. The van der Waals surface area contributed by atoms with Gasteiger partial charge >= 0.3 is 0 Å². The summed E-state index contributed by atoms with van der Waals surface area (Å²) < 4.78 is 28.7. The average molecular weight is 411 g/mol. The van der Waals surface area contributed by atoms with Crippen molar-refractivity contribution in [2.24, 2.45) is 0 Å². The Balaban J connectivity index is 2.28. The molecule has 5 nitrogen and oxygen atoms in total. The quantitative estimate of drug-likeness (QED) is 0.814. The number of halogens is 1. The first kappa shape index (κ1) is 18.5. The van der Waals surface area contributed by atoms with Crippen LogP contribution in [0.5, 0.6) is 0 Å². The van der Waals surface area contributed by atoms with E-state index in [9.17, 15) is 13.2 Å². The summed E-state index contributed by atoms with van der Waals surface area (Å²) in [6.07, 6.45) is 0.609. The maximum Gasteiger partial charge on any atom is 0.262 e. The Labute approximate surface area is 150 Å². The number of carbonyl (C=O) groups is 1. The summed E-state index contributed by atoms with van der Waals surface area (Å²) in [6, 6.07) is 11.8. The zero-order valence-electron chi connectivity index (χ0n) is 13.7. The number of aryl methyl sites for hydroxylation is 1. The normalized spacial score (nSPS) is 11.2. The molecular weight excluding hydrogens is 392 g/mol. The van der Waals surface area contributed by atoms with E-state index in [1.165, 1.54) is 11.8 Å².